The lowest BCUT2D eigenvalue weighted by molar-refractivity contribution is 1.05. The number of fused-ring (bicyclic) bond motifs is 9. The van der Waals surface area contributed by atoms with E-state index in [1.165, 1.54) is 27.1 Å². The fourth-order valence-electron chi connectivity index (χ4n) is 8.08. The maximum atomic E-state index is 5.56. The lowest BCUT2D eigenvalue weighted by atomic mass is 10.1. The fourth-order valence-corrected chi connectivity index (χ4v) is 8.08. The van der Waals surface area contributed by atoms with Crippen LogP contribution >= 0.6 is 0 Å². The van der Waals surface area contributed by atoms with Crippen LogP contribution < -0.4 is 0 Å². The summed E-state index contributed by atoms with van der Waals surface area (Å²) in [6, 6.07) is 62.3. The van der Waals surface area contributed by atoms with Crippen LogP contribution in [-0.2, 0) is 0 Å². The van der Waals surface area contributed by atoms with Crippen LogP contribution in [0, 0.1) is 0 Å². The highest BCUT2D eigenvalue weighted by atomic mass is 15.1. The van der Waals surface area contributed by atoms with Gasteiger partial charge in [-0.1, -0.05) is 121 Å². The average molecular weight is 652 g/mol. The predicted molar refractivity (Wildman–Crippen MR) is 210 cm³/mol. The van der Waals surface area contributed by atoms with Gasteiger partial charge in [0.15, 0.2) is 17.3 Å². The molecule has 0 saturated heterocycles. The van der Waals surface area contributed by atoms with E-state index in [0.29, 0.717) is 5.82 Å². The Morgan fingerprint density at radius 3 is 1.37 bits per heavy atom. The molecule has 0 fully saturated rings. The van der Waals surface area contributed by atoms with Gasteiger partial charge < -0.3 is 4.57 Å². The number of hydrogen-bond acceptors (Lipinski definition) is 2. The summed E-state index contributed by atoms with van der Waals surface area (Å²) < 4.78 is 6.97. The molecule has 7 aromatic carbocycles. The van der Waals surface area contributed by atoms with Crippen LogP contribution in [-0.4, -0.2) is 23.7 Å². The minimum atomic E-state index is 0.672. The van der Waals surface area contributed by atoms with E-state index in [0.717, 1.165) is 61.2 Å². The van der Waals surface area contributed by atoms with Crippen molar-refractivity contribution in [2.24, 2.45) is 0 Å². The van der Waals surface area contributed by atoms with Crippen LogP contribution in [0.3, 0.4) is 0 Å². The van der Waals surface area contributed by atoms with Crippen molar-refractivity contribution in [1.82, 2.24) is 23.7 Å². The number of hydrogen-bond donors (Lipinski definition) is 0. The van der Waals surface area contributed by atoms with Gasteiger partial charge >= 0.3 is 0 Å². The molecule has 51 heavy (non-hydrogen) atoms. The van der Waals surface area contributed by atoms with Crippen molar-refractivity contribution in [1.29, 1.82) is 0 Å². The number of rotatable bonds is 4. The molecule has 238 valence electrons. The minimum absolute atomic E-state index is 0.672. The van der Waals surface area contributed by atoms with E-state index in [1.54, 1.807) is 0 Å². The van der Waals surface area contributed by atoms with Gasteiger partial charge in [0, 0.05) is 43.9 Å². The zero-order valence-corrected chi connectivity index (χ0v) is 27.5. The Labute approximate surface area is 292 Å². The van der Waals surface area contributed by atoms with Crippen LogP contribution in [0.2, 0.25) is 0 Å². The largest absolute Gasteiger partial charge is 0.309 e. The standard InChI is InChI=1S/C46H29N5/c1-3-15-31(16-4-1)49-38-23-11-7-21-35(38)36-28-27-30(29-42(36)49)44-47-45-43(37-22-10-14-26-41(37)50(45)32-17-5-2-6-18-32)46(48-44)51-39-24-12-8-19-33(39)34-20-9-13-25-40(34)51/h1-29H. The first kappa shape index (κ1) is 27.9. The minimum Gasteiger partial charge on any atom is -0.309 e. The lowest BCUT2D eigenvalue weighted by Gasteiger charge is -2.13. The fraction of sp³-hybridized carbons (Fsp3) is 0. The summed E-state index contributed by atoms with van der Waals surface area (Å²) in [5, 5.41) is 6.93. The molecular weight excluding hydrogens is 623 g/mol. The third-order valence-corrected chi connectivity index (χ3v) is 10.2. The van der Waals surface area contributed by atoms with Crippen molar-refractivity contribution in [2.45, 2.75) is 0 Å². The molecule has 4 aromatic heterocycles. The molecule has 0 aliphatic carbocycles. The lowest BCUT2D eigenvalue weighted by Crippen LogP contribution is -2.04. The normalized spacial score (nSPS) is 11.9. The summed E-state index contributed by atoms with van der Waals surface area (Å²) >= 11 is 0. The van der Waals surface area contributed by atoms with Gasteiger partial charge in [0.1, 0.15) is 0 Å². The van der Waals surface area contributed by atoms with E-state index < -0.39 is 0 Å². The van der Waals surface area contributed by atoms with Crippen molar-refractivity contribution in [3.05, 3.63) is 176 Å². The van der Waals surface area contributed by atoms with Gasteiger partial charge in [-0.15, -0.1) is 0 Å². The summed E-state index contributed by atoms with van der Waals surface area (Å²) in [6.07, 6.45) is 0. The third-order valence-electron chi connectivity index (χ3n) is 10.2. The molecule has 11 rings (SSSR count). The SMILES string of the molecule is c1ccc(-n2c3ccccc3c3ccc(-c4nc(-n5c6ccccc6c6ccccc65)c5c6ccccc6n(-c6ccccc6)c5n4)cc32)cc1. The highest BCUT2D eigenvalue weighted by Crippen LogP contribution is 2.40. The zero-order chi connectivity index (χ0) is 33.5. The monoisotopic (exact) mass is 651 g/mol. The number of nitrogens with zero attached hydrogens (tertiary/aromatic N) is 5. The molecule has 0 N–H and O–H groups in total. The zero-order valence-electron chi connectivity index (χ0n) is 27.5. The molecule has 0 bridgehead atoms. The molecular formula is C46H29N5. The molecule has 4 heterocycles. The third kappa shape index (κ3) is 4.03. The molecule has 5 heteroatoms. The molecule has 11 aromatic rings. The van der Waals surface area contributed by atoms with E-state index >= 15 is 0 Å². The Morgan fingerprint density at radius 2 is 0.784 bits per heavy atom. The van der Waals surface area contributed by atoms with E-state index in [9.17, 15) is 0 Å². The first-order valence-electron chi connectivity index (χ1n) is 17.3. The van der Waals surface area contributed by atoms with Crippen molar-refractivity contribution < 1.29 is 0 Å². The second-order valence-corrected chi connectivity index (χ2v) is 13.0. The van der Waals surface area contributed by atoms with Crippen LogP contribution in [0.4, 0.5) is 0 Å². The van der Waals surface area contributed by atoms with Crippen molar-refractivity contribution in [3.8, 4) is 28.6 Å². The predicted octanol–water partition coefficient (Wildman–Crippen LogP) is 11.4. The average Bonchev–Trinajstić information content (AvgIpc) is 3.84. The Balaban J connectivity index is 1.29. The van der Waals surface area contributed by atoms with E-state index in [1.807, 2.05) is 0 Å². The van der Waals surface area contributed by atoms with E-state index in [2.05, 4.69) is 190 Å². The maximum Gasteiger partial charge on any atom is 0.164 e. The summed E-state index contributed by atoms with van der Waals surface area (Å²) in [5.41, 5.74) is 9.60. The van der Waals surface area contributed by atoms with Crippen LogP contribution in [0.25, 0.3) is 94.1 Å². The molecule has 0 saturated carbocycles. The Hall–Kier alpha value is -6.98. The highest BCUT2D eigenvalue weighted by Gasteiger charge is 2.24. The van der Waals surface area contributed by atoms with Gasteiger partial charge in [0.05, 0.1) is 33.0 Å². The van der Waals surface area contributed by atoms with E-state index in [-0.39, 0.29) is 0 Å². The Morgan fingerprint density at radius 1 is 0.333 bits per heavy atom. The van der Waals surface area contributed by atoms with Gasteiger partial charge in [-0.3, -0.25) is 9.13 Å². The molecule has 0 aliphatic heterocycles. The van der Waals surface area contributed by atoms with Crippen LogP contribution in [0.1, 0.15) is 0 Å². The maximum absolute atomic E-state index is 5.56. The summed E-state index contributed by atoms with van der Waals surface area (Å²) in [4.78, 5) is 11.0. The molecule has 0 aliphatic rings. The first-order chi connectivity index (χ1) is 25.3. The Kier molecular flexibility index (Phi) is 5.89. The first-order valence-corrected chi connectivity index (χ1v) is 17.3. The molecule has 0 radical (unpaired) electrons. The summed E-state index contributed by atoms with van der Waals surface area (Å²) in [5.74, 6) is 1.54. The molecule has 0 amide bonds. The van der Waals surface area contributed by atoms with E-state index in [4.69, 9.17) is 9.97 Å². The summed E-state index contributed by atoms with van der Waals surface area (Å²) in [6.45, 7) is 0. The molecule has 5 nitrogen and oxygen atoms in total. The smallest absolute Gasteiger partial charge is 0.164 e. The van der Waals surface area contributed by atoms with Gasteiger partial charge in [-0.2, -0.15) is 0 Å². The second kappa shape index (κ2) is 10.8. The molecule has 0 atom stereocenters. The summed E-state index contributed by atoms with van der Waals surface area (Å²) in [7, 11) is 0. The van der Waals surface area contributed by atoms with Crippen LogP contribution in [0.15, 0.2) is 176 Å². The van der Waals surface area contributed by atoms with Crippen molar-refractivity contribution in [3.63, 3.8) is 0 Å². The van der Waals surface area contributed by atoms with Crippen molar-refractivity contribution in [2.75, 3.05) is 0 Å². The van der Waals surface area contributed by atoms with Gasteiger partial charge in [-0.05, 0) is 54.6 Å². The second-order valence-electron chi connectivity index (χ2n) is 13.0. The number of para-hydroxylation sites is 6. The van der Waals surface area contributed by atoms with Crippen LogP contribution in [0.5, 0.6) is 0 Å². The molecule has 0 unspecified atom stereocenters. The van der Waals surface area contributed by atoms with Gasteiger partial charge in [0.25, 0.3) is 0 Å². The Bertz CT molecular complexity index is 3080. The quantitative estimate of drug-likeness (QED) is 0.190. The molecule has 0 spiro atoms. The van der Waals surface area contributed by atoms with Gasteiger partial charge in [0.2, 0.25) is 0 Å². The number of benzene rings is 7. The number of aromatic nitrogens is 5. The van der Waals surface area contributed by atoms with Gasteiger partial charge in [-0.25, -0.2) is 9.97 Å². The topological polar surface area (TPSA) is 40.6 Å². The van der Waals surface area contributed by atoms with Crippen molar-refractivity contribution >= 4 is 65.5 Å². The highest BCUT2D eigenvalue weighted by molar-refractivity contribution is 6.15.